The largest absolute Gasteiger partial charge is 0.368 e. The fraction of sp³-hybridized carbons (Fsp3) is 0.400. The minimum atomic E-state index is 0.00435. The molecule has 6 heteroatoms. The Morgan fingerprint density at radius 3 is 2.88 bits per heavy atom. The zero-order valence-corrected chi connectivity index (χ0v) is 10.9. The molecule has 2 aromatic heterocycles. The Kier molecular flexibility index (Phi) is 2.86. The molecular weight excluding hydrogens is 240 g/mol. The molecule has 2 rings (SSSR count). The molecule has 0 saturated heterocycles. The SMILES string of the molecule is CC(C)(Cn1c(N)n[nH]c1=S)c1cccs1. The summed E-state index contributed by atoms with van der Waals surface area (Å²) in [6.45, 7) is 5.08. The van der Waals surface area contributed by atoms with Gasteiger partial charge in [-0.25, -0.2) is 5.10 Å². The fourth-order valence-electron chi connectivity index (χ4n) is 1.62. The second-order valence-corrected chi connectivity index (χ2v) is 5.67. The summed E-state index contributed by atoms with van der Waals surface area (Å²) in [5, 5.41) is 8.69. The Balaban J connectivity index is 2.31. The summed E-state index contributed by atoms with van der Waals surface area (Å²) in [6, 6.07) is 4.18. The van der Waals surface area contributed by atoms with Crippen molar-refractivity contribution in [3.05, 3.63) is 27.2 Å². The van der Waals surface area contributed by atoms with E-state index >= 15 is 0 Å². The van der Waals surface area contributed by atoms with Gasteiger partial charge in [-0.3, -0.25) is 4.57 Å². The van der Waals surface area contributed by atoms with Gasteiger partial charge in [-0.2, -0.15) is 0 Å². The minimum Gasteiger partial charge on any atom is -0.368 e. The summed E-state index contributed by atoms with van der Waals surface area (Å²) in [6.07, 6.45) is 0. The lowest BCUT2D eigenvalue weighted by Crippen LogP contribution is -2.24. The Bertz CT molecular complexity index is 521. The second kappa shape index (κ2) is 4.03. The van der Waals surface area contributed by atoms with Gasteiger partial charge in [-0.15, -0.1) is 16.4 Å². The second-order valence-electron chi connectivity index (χ2n) is 4.33. The van der Waals surface area contributed by atoms with Crippen molar-refractivity contribution in [2.75, 3.05) is 5.73 Å². The molecule has 0 aliphatic rings. The maximum Gasteiger partial charge on any atom is 0.220 e. The highest BCUT2D eigenvalue weighted by molar-refractivity contribution is 7.71. The third-order valence-electron chi connectivity index (χ3n) is 2.53. The highest BCUT2D eigenvalue weighted by Crippen LogP contribution is 2.29. The fourth-order valence-corrected chi connectivity index (χ4v) is 2.67. The van der Waals surface area contributed by atoms with Crippen molar-refractivity contribution in [2.45, 2.75) is 25.8 Å². The molecule has 0 aromatic carbocycles. The van der Waals surface area contributed by atoms with E-state index in [-0.39, 0.29) is 5.41 Å². The molecule has 0 amide bonds. The molecule has 0 unspecified atom stereocenters. The predicted octanol–water partition coefficient (Wildman–Crippen LogP) is 2.56. The molecule has 0 saturated carbocycles. The highest BCUT2D eigenvalue weighted by Gasteiger charge is 2.23. The lowest BCUT2D eigenvalue weighted by molar-refractivity contribution is 0.442. The lowest BCUT2D eigenvalue weighted by Gasteiger charge is -2.23. The van der Waals surface area contributed by atoms with Gasteiger partial charge in [0, 0.05) is 16.8 Å². The van der Waals surface area contributed by atoms with Crippen LogP contribution in [0.1, 0.15) is 18.7 Å². The van der Waals surface area contributed by atoms with Crippen LogP contribution in [-0.2, 0) is 12.0 Å². The van der Waals surface area contributed by atoms with E-state index in [1.165, 1.54) is 4.88 Å². The summed E-state index contributed by atoms with van der Waals surface area (Å²) in [7, 11) is 0. The minimum absolute atomic E-state index is 0.00435. The van der Waals surface area contributed by atoms with E-state index in [4.69, 9.17) is 18.0 Å². The maximum absolute atomic E-state index is 5.76. The summed E-state index contributed by atoms with van der Waals surface area (Å²) < 4.78 is 2.40. The third kappa shape index (κ3) is 2.03. The molecule has 0 radical (unpaired) electrons. The van der Waals surface area contributed by atoms with E-state index in [2.05, 4.69) is 41.6 Å². The van der Waals surface area contributed by atoms with Crippen molar-refractivity contribution in [2.24, 2.45) is 0 Å². The van der Waals surface area contributed by atoms with Gasteiger partial charge in [0.2, 0.25) is 5.95 Å². The molecule has 2 heterocycles. The molecule has 0 spiro atoms. The maximum atomic E-state index is 5.76. The molecule has 2 aromatic rings. The molecular formula is C10H14N4S2. The highest BCUT2D eigenvalue weighted by atomic mass is 32.1. The van der Waals surface area contributed by atoms with Gasteiger partial charge in [0.05, 0.1) is 0 Å². The molecule has 0 aliphatic heterocycles. The van der Waals surface area contributed by atoms with Crippen LogP contribution in [0.3, 0.4) is 0 Å². The van der Waals surface area contributed by atoms with Crippen molar-refractivity contribution < 1.29 is 0 Å². The van der Waals surface area contributed by atoms with Gasteiger partial charge in [-0.05, 0) is 23.7 Å². The summed E-state index contributed by atoms with van der Waals surface area (Å²) in [5.74, 6) is 0.439. The number of aromatic nitrogens is 3. The van der Waals surface area contributed by atoms with Gasteiger partial charge >= 0.3 is 0 Å². The molecule has 0 bridgehead atoms. The van der Waals surface area contributed by atoms with Gasteiger partial charge in [0.1, 0.15) is 0 Å². The first-order valence-electron chi connectivity index (χ1n) is 4.95. The van der Waals surface area contributed by atoms with Gasteiger partial charge in [0.25, 0.3) is 0 Å². The Labute approximate surface area is 103 Å². The van der Waals surface area contributed by atoms with Crippen LogP contribution >= 0.6 is 23.6 Å². The number of nitrogens with zero attached hydrogens (tertiary/aromatic N) is 2. The number of nitrogens with two attached hydrogens (primary N) is 1. The van der Waals surface area contributed by atoms with Crippen LogP contribution < -0.4 is 5.73 Å². The van der Waals surface area contributed by atoms with E-state index < -0.39 is 0 Å². The smallest absolute Gasteiger partial charge is 0.220 e. The van der Waals surface area contributed by atoms with Crippen LogP contribution in [0.2, 0.25) is 0 Å². The first-order chi connectivity index (χ1) is 7.50. The summed E-state index contributed by atoms with van der Waals surface area (Å²) >= 11 is 6.88. The van der Waals surface area contributed by atoms with Crippen molar-refractivity contribution in [3.8, 4) is 0 Å². The number of aromatic amines is 1. The molecule has 0 aliphatic carbocycles. The Morgan fingerprint density at radius 2 is 2.38 bits per heavy atom. The number of hydrogen-bond donors (Lipinski definition) is 2. The van der Waals surface area contributed by atoms with Gasteiger partial charge in [0.15, 0.2) is 4.77 Å². The number of nitrogen functional groups attached to an aromatic ring is 1. The number of thiophene rings is 1. The molecule has 16 heavy (non-hydrogen) atoms. The average molecular weight is 254 g/mol. The normalized spacial score (nSPS) is 11.9. The van der Waals surface area contributed by atoms with Crippen LogP contribution in [0.15, 0.2) is 17.5 Å². The van der Waals surface area contributed by atoms with Crippen molar-refractivity contribution in [1.29, 1.82) is 0 Å². The number of hydrogen-bond acceptors (Lipinski definition) is 4. The topological polar surface area (TPSA) is 59.6 Å². The number of H-pyrrole nitrogens is 1. The van der Waals surface area contributed by atoms with E-state index in [1.54, 1.807) is 11.3 Å². The van der Waals surface area contributed by atoms with E-state index in [1.807, 2.05) is 4.57 Å². The first kappa shape index (κ1) is 11.3. The third-order valence-corrected chi connectivity index (χ3v) is 4.08. The van der Waals surface area contributed by atoms with Gasteiger partial charge in [-0.1, -0.05) is 19.9 Å². The van der Waals surface area contributed by atoms with E-state index in [9.17, 15) is 0 Å². The first-order valence-corrected chi connectivity index (χ1v) is 6.24. The summed E-state index contributed by atoms with van der Waals surface area (Å²) in [4.78, 5) is 1.31. The predicted molar refractivity (Wildman–Crippen MR) is 69.2 cm³/mol. The van der Waals surface area contributed by atoms with Crippen molar-refractivity contribution in [3.63, 3.8) is 0 Å². The molecule has 0 fully saturated rings. The van der Waals surface area contributed by atoms with Crippen LogP contribution in [0.5, 0.6) is 0 Å². The average Bonchev–Trinajstić information content (AvgIpc) is 2.83. The molecule has 86 valence electrons. The number of anilines is 1. The van der Waals surface area contributed by atoms with E-state index in [0.29, 0.717) is 10.7 Å². The van der Waals surface area contributed by atoms with Crippen molar-refractivity contribution >= 4 is 29.5 Å². The van der Waals surface area contributed by atoms with Crippen molar-refractivity contribution in [1.82, 2.24) is 14.8 Å². The van der Waals surface area contributed by atoms with Crippen LogP contribution in [-0.4, -0.2) is 14.8 Å². The number of nitrogens with one attached hydrogen (secondary N) is 1. The van der Waals surface area contributed by atoms with Crippen LogP contribution in [0.25, 0.3) is 0 Å². The standard InChI is InChI=1S/C10H14N4S2/c1-10(2,7-4-3-5-16-7)6-14-8(11)12-13-9(14)15/h3-5H,6H2,1-2H3,(H2,11,12)(H,13,15). The number of rotatable bonds is 3. The van der Waals surface area contributed by atoms with Crippen LogP contribution in [0, 0.1) is 4.77 Å². The zero-order valence-electron chi connectivity index (χ0n) is 9.23. The monoisotopic (exact) mass is 254 g/mol. The Hall–Kier alpha value is -1.14. The quantitative estimate of drug-likeness (QED) is 0.828. The summed E-state index contributed by atoms with van der Waals surface area (Å²) in [5.41, 5.74) is 5.76. The Morgan fingerprint density at radius 1 is 1.62 bits per heavy atom. The molecule has 0 atom stereocenters. The van der Waals surface area contributed by atoms with Gasteiger partial charge < -0.3 is 5.73 Å². The van der Waals surface area contributed by atoms with Crippen LogP contribution in [0.4, 0.5) is 5.95 Å². The molecule has 4 nitrogen and oxygen atoms in total. The molecule has 3 N–H and O–H groups in total. The zero-order chi connectivity index (χ0) is 11.8. The lowest BCUT2D eigenvalue weighted by atomic mass is 9.91. The van der Waals surface area contributed by atoms with E-state index in [0.717, 1.165) is 6.54 Å².